The van der Waals surface area contributed by atoms with Crippen molar-refractivity contribution in [2.75, 3.05) is 13.2 Å². The van der Waals surface area contributed by atoms with Crippen LogP contribution >= 0.6 is 0 Å². The predicted octanol–water partition coefficient (Wildman–Crippen LogP) is 2.86. The number of nitrogens with one attached hydrogen (secondary N) is 1. The molecule has 1 aromatic rings. The average Bonchev–Trinajstić information content (AvgIpc) is 3.38. The number of benzene rings is 1. The number of hydrogen-bond acceptors (Lipinski definition) is 3. The largest absolute Gasteiger partial charge is 0.493 e. The van der Waals surface area contributed by atoms with Crippen molar-refractivity contribution in [1.29, 1.82) is 0 Å². The van der Waals surface area contributed by atoms with E-state index in [2.05, 4.69) is 5.32 Å². The number of carbonyl (C=O) groups is 1. The molecule has 4 nitrogen and oxygen atoms in total. The minimum absolute atomic E-state index is 0.0389. The maximum atomic E-state index is 12.5. The monoisotopic (exact) mass is 304 g/mol. The van der Waals surface area contributed by atoms with Crippen LogP contribution in [0.2, 0.25) is 0 Å². The molecule has 1 aliphatic rings. The second kappa shape index (κ2) is 7.63. The average molecular weight is 304 g/mol. The zero-order chi connectivity index (χ0) is 16.0. The third-order valence-electron chi connectivity index (χ3n) is 4.81. The highest BCUT2D eigenvalue weighted by molar-refractivity contribution is 5.82. The molecule has 0 radical (unpaired) electrons. The second-order valence-corrected chi connectivity index (χ2v) is 6.24. The number of nitrogens with two attached hydrogens (primary N) is 1. The molecular weight excluding hydrogens is 276 g/mol. The number of carbonyl (C=O) groups excluding carboxylic acids is 1. The van der Waals surface area contributed by atoms with Crippen molar-refractivity contribution in [2.45, 2.75) is 46.1 Å². The van der Waals surface area contributed by atoms with Crippen LogP contribution in [0.25, 0.3) is 0 Å². The third kappa shape index (κ3) is 4.01. The van der Waals surface area contributed by atoms with Crippen LogP contribution in [0.3, 0.4) is 0 Å². The fourth-order valence-electron chi connectivity index (χ4n) is 2.60. The summed E-state index contributed by atoms with van der Waals surface area (Å²) < 4.78 is 5.88. The third-order valence-corrected chi connectivity index (χ3v) is 4.81. The van der Waals surface area contributed by atoms with E-state index < -0.39 is 5.41 Å². The van der Waals surface area contributed by atoms with Gasteiger partial charge in [-0.15, -0.1) is 0 Å². The molecule has 122 valence electrons. The van der Waals surface area contributed by atoms with Gasteiger partial charge >= 0.3 is 0 Å². The Hall–Kier alpha value is -1.55. The highest BCUT2D eigenvalue weighted by atomic mass is 16.5. The molecule has 0 unspecified atom stereocenters. The van der Waals surface area contributed by atoms with Crippen molar-refractivity contribution in [3.8, 4) is 5.75 Å². The molecule has 3 N–H and O–H groups in total. The fourth-order valence-corrected chi connectivity index (χ4v) is 2.60. The van der Waals surface area contributed by atoms with Gasteiger partial charge in [-0.3, -0.25) is 4.79 Å². The minimum atomic E-state index is -0.455. The Morgan fingerprint density at radius 1 is 1.32 bits per heavy atom. The second-order valence-electron chi connectivity index (χ2n) is 6.24. The van der Waals surface area contributed by atoms with Gasteiger partial charge in [0.2, 0.25) is 5.91 Å². The summed E-state index contributed by atoms with van der Waals surface area (Å²) in [5, 5.41) is 3.04. The van der Waals surface area contributed by atoms with E-state index in [0.29, 0.717) is 19.0 Å². The molecule has 1 fully saturated rings. The summed E-state index contributed by atoms with van der Waals surface area (Å²) in [4.78, 5) is 12.5. The van der Waals surface area contributed by atoms with Gasteiger partial charge in [0.15, 0.2) is 0 Å². The molecule has 1 amide bonds. The number of ether oxygens (including phenoxy) is 1. The molecule has 22 heavy (non-hydrogen) atoms. The molecule has 0 bridgehead atoms. The molecule has 4 heteroatoms. The van der Waals surface area contributed by atoms with Gasteiger partial charge in [-0.2, -0.15) is 0 Å². The first-order valence-electron chi connectivity index (χ1n) is 8.34. The predicted molar refractivity (Wildman–Crippen MR) is 88.6 cm³/mol. The smallest absolute Gasteiger partial charge is 0.227 e. The van der Waals surface area contributed by atoms with Crippen molar-refractivity contribution < 1.29 is 9.53 Å². The van der Waals surface area contributed by atoms with Crippen LogP contribution in [-0.2, 0) is 11.3 Å². The van der Waals surface area contributed by atoms with Gasteiger partial charge < -0.3 is 15.8 Å². The lowest BCUT2D eigenvalue weighted by Gasteiger charge is -2.28. The summed E-state index contributed by atoms with van der Waals surface area (Å²) in [6.45, 7) is 5.68. The van der Waals surface area contributed by atoms with E-state index in [0.717, 1.165) is 30.8 Å². The minimum Gasteiger partial charge on any atom is -0.493 e. The number of amides is 1. The summed E-state index contributed by atoms with van der Waals surface area (Å²) in [5.74, 6) is 1.63. The lowest BCUT2D eigenvalue weighted by molar-refractivity contribution is -0.131. The molecule has 0 saturated heterocycles. The fraction of sp³-hybridized carbons (Fsp3) is 0.611. The topological polar surface area (TPSA) is 64.4 Å². The highest BCUT2D eigenvalue weighted by Gasteiger charge is 2.33. The van der Waals surface area contributed by atoms with Gasteiger partial charge in [-0.1, -0.05) is 32.0 Å². The SMILES string of the molecule is CCC(CC)(CN)C(=O)NCc1ccccc1OCC1CC1. The van der Waals surface area contributed by atoms with E-state index in [4.69, 9.17) is 10.5 Å². The van der Waals surface area contributed by atoms with Gasteiger partial charge in [-0.05, 0) is 37.7 Å². The lowest BCUT2D eigenvalue weighted by atomic mass is 9.81. The number of para-hydroxylation sites is 1. The van der Waals surface area contributed by atoms with Crippen LogP contribution in [0, 0.1) is 11.3 Å². The van der Waals surface area contributed by atoms with E-state index in [1.54, 1.807) is 0 Å². The Labute approximate surface area is 133 Å². The molecule has 0 atom stereocenters. The molecule has 1 saturated carbocycles. The molecule has 0 aromatic heterocycles. The van der Waals surface area contributed by atoms with Gasteiger partial charge in [0, 0.05) is 18.7 Å². The van der Waals surface area contributed by atoms with Gasteiger partial charge in [0.25, 0.3) is 0 Å². The molecule has 1 aliphatic carbocycles. The highest BCUT2D eigenvalue weighted by Crippen LogP contribution is 2.30. The van der Waals surface area contributed by atoms with Crippen molar-refractivity contribution in [3.05, 3.63) is 29.8 Å². The van der Waals surface area contributed by atoms with E-state index in [9.17, 15) is 4.79 Å². The first kappa shape index (κ1) is 16.8. The summed E-state index contributed by atoms with van der Waals surface area (Å²) in [6, 6.07) is 7.92. The number of hydrogen-bond donors (Lipinski definition) is 2. The van der Waals surface area contributed by atoms with Crippen LogP contribution < -0.4 is 15.8 Å². The van der Waals surface area contributed by atoms with E-state index in [-0.39, 0.29) is 5.91 Å². The molecule has 0 heterocycles. The molecule has 1 aromatic carbocycles. The molecular formula is C18H28N2O2. The van der Waals surface area contributed by atoms with E-state index >= 15 is 0 Å². The van der Waals surface area contributed by atoms with Crippen molar-refractivity contribution in [2.24, 2.45) is 17.1 Å². The van der Waals surface area contributed by atoms with Crippen molar-refractivity contribution in [1.82, 2.24) is 5.32 Å². The maximum Gasteiger partial charge on any atom is 0.227 e. The molecule has 0 spiro atoms. The lowest BCUT2D eigenvalue weighted by Crippen LogP contribution is -2.45. The Morgan fingerprint density at radius 2 is 2.00 bits per heavy atom. The van der Waals surface area contributed by atoms with Crippen LogP contribution in [0.1, 0.15) is 45.1 Å². The van der Waals surface area contributed by atoms with Gasteiger partial charge in [-0.25, -0.2) is 0 Å². The quantitative estimate of drug-likeness (QED) is 0.737. The van der Waals surface area contributed by atoms with Crippen LogP contribution in [0.4, 0.5) is 0 Å². The van der Waals surface area contributed by atoms with Crippen molar-refractivity contribution in [3.63, 3.8) is 0 Å². The Bertz CT molecular complexity index is 485. The zero-order valence-electron chi connectivity index (χ0n) is 13.7. The first-order chi connectivity index (χ1) is 10.6. The summed E-state index contributed by atoms with van der Waals surface area (Å²) in [7, 11) is 0. The normalized spacial score (nSPS) is 14.7. The summed E-state index contributed by atoms with van der Waals surface area (Å²) in [6.07, 6.45) is 4.05. The van der Waals surface area contributed by atoms with E-state index in [1.807, 2.05) is 38.1 Å². The van der Waals surface area contributed by atoms with Gasteiger partial charge in [0.1, 0.15) is 5.75 Å². The molecule has 0 aliphatic heterocycles. The van der Waals surface area contributed by atoms with Crippen LogP contribution in [-0.4, -0.2) is 19.1 Å². The number of rotatable bonds is 9. The maximum absolute atomic E-state index is 12.5. The summed E-state index contributed by atoms with van der Waals surface area (Å²) in [5.41, 5.74) is 6.40. The Morgan fingerprint density at radius 3 is 2.59 bits per heavy atom. The Balaban J connectivity index is 1.96. The molecule has 2 rings (SSSR count). The van der Waals surface area contributed by atoms with Crippen LogP contribution in [0.5, 0.6) is 5.75 Å². The van der Waals surface area contributed by atoms with Crippen molar-refractivity contribution >= 4 is 5.91 Å². The van der Waals surface area contributed by atoms with Gasteiger partial charge in [0.05, 0.1) is 12.0 Å². The van der Waals surface area contributed by atoms with Crippen LogP contribution in [0.15, 0.2) is 24.3 Å². The summed E-state index contributed by atoms with van der Waals surface area (Å²) >= 11 is 0. The standard InChI is InChI=1S/C18H28N2O2/c1-3-18(4-2,13-19)17(21)20-11-15-7-5-6-8-16(15)22-12-14-9-10-14/h5-8,14H,3-4,9-13,19H2,1-2H3,(H,20,21). The first-order valence-corrected chi connectivity index (χ1v) is 8.34. The van der Waals surface area contributed by atoms with E-state index in [1.165, 1.54) is 12.8 Å². The Kier molecular flexibility index (Phi) is 5.83. The zero-order valence-corrected chi connectivity index (χ0v) is 13.7.